The second-order valence-corrected chi connectivity index (χ2v) is 4.86. The van der Waals surface area contributed by atoms with Crippen LogP contribution in [0.1, 0.15) is 36.2 Å². The van der Waals surface area contributed by atoms with Crippen LogP contribution in [0.5, 0.6) is 0 Å². The highest BCUT2D eigenvalue weighted by atomic mass is 16.3. The second-order valence-electron chi connectivity index (χ2n) is 4.86. The number of anilines is 1. The van der Waals surface area contributed by atoms with E-state index in [2.05, 4.69) is 5.43 Å². The molecule has 1 aromatic carbocycles. The smallest absolute Gasteiger partial charge is 0.256 e. The normalized spacial score (nSPS) is 10.6. The fourth-order valence-corrected chi connectivity index (χ4v) is 1.95. The molecule has 1 amide bonds. The number of aryl methyl sites for hydroxylation is 1. The van der Waals surface area contributed by atoms with Gasteiger partial charge in [-0.1, -0.05) is 6.07 Å². The molecule has 0 atom stereocenters. The Kier molecular flexibility index (Phi) is 5.79. The third-order valence-corrected chi connectivity index (χ3v) is 3.00. The summed E-state index contributed by atoms with van der Waals surface area (Å²) < 4.78 is 0. The predicted octanol–water partition coefficient (Wildman–Crippen LogP) is 1.51. The van der Waals surface area contributed by atoms with Crippen molar-refractivity contribution < 1.29 is 9.90 Å². The summed E-state index contributed by atoms with van der Waals surface area (Å²) in [7, 11) is 0. The van der Waals surface area contributed by atoms with E-state index in [1.54, 1.807) is 11.0 Å². The minimum absolute atomic E-state index is 0.0728. The molecule has 5 nitrogen and oxygen atoms in total. The molecule has 0 spiro atoms. The Morgan fingerprint density at radius 2 is 2.16 bits per heavy atom. The molecule has 19 heavy (non-hydrogen) atoms. The number of benzene rings is 1. The molecule has 1 rings (SSSR count). The van der Waals surface area contributed by atoms with Crippen LogP contribution in [0.2, 0.25) is 0 Å². The van der Waals surface area contributed by atoms with Crippen LogP contribution < -0.4 is 11.3 Å². The van der Waals surface area contributed by atoms with Crippen LogP contribution in [0.15, 0.2) is 18.2 Å². The second kappa shape index (κ2) is 7.11. The molecule has 0 aliphatic rings. The van der Waals surface area contributed by atoms with E-state index in [0.717, 1.165) is 5.56 Å². The van der Waals surface area contributed by atoms with Crippen molar-refractivity contribution >= 4 is 11.6 Å². The lowest BCUT2D eigenvalue weighted by atomic mass is 10.1. The van der Waals surface area contributed by atoms with Gasteiger partial charge in [-0.2, -0.15) is 0 Å². The van der Waals surface area contributed by atoms with Crippen LogP contribution >= 0.6 is 0 Å². The van der Waals surface area contributed by atoms with Gasteiger partial charge in [0.15, 0.2) is 0 Å². The Labute approximate surface area is 114 Å². The summed E-state index contributed by atoms with van der Waals surface area (Å²) in [4.78, 5) is 14.3. The first kappa shape index (κ1) is 15.5. The zero-order chi connectivity index (χ0) is 14.4. The third kappa shape index (κ3) is 3.94. The zero-order valence-corrected chi connectivity index (χ0v) is 11.8. The number of nitrogens with two attached hydrogens (primary N) is 1. The number of rotatable bonds is 6. The first-order valence-electron chi connectivity index (χ1n) is 6.50. The number of hydrazine groups is 1. The highest BCUT2D eigenvalue weighted by Gasteiger charge is 2.20. The van der Waals surface area contributed by atoms with Gasteiger partial charge in [-0.15, -0.1) is 0 Å². The molecular weight excluding hydrogens is 242 g/mol. The van der Waals surface area contributed by atoms with E-state index in [1.807, 2.05) is 32.9 Å². The number of nitrogen functional groups attached to an aromatic ring is 1. The van der Waals surface area contributed by atoms with Gasteiger partial charge in [0.25, 0.3) is 5.91 Å². The third-order valence-electron chi connectivity index (χ3n) is 3.00. The van der Waals surface area contributed by atoms with Gasteiger partial charge in [-0.25, -0.2) is 0 Å². The van der Waals surface area contributed by atoms with Gasteiger partial charge in [-0.05, 0) is 44.9 Å². The Morgan fingerprint density at radius 1 is 1.47 bits per heavy atom. The summed E-state index contributed by atoms with van der Waals surface area (Å²) >= 11 is 0. The molecule has 0 fully saturated rings. The minimum Gasteiger partial charge on any atom is -0.396 e. The first-order valence-corrected chi connectivity index (χ1v) is 6.50. The maximum atomic E-state index is 12.5. The molecule has 0 saturated heterocycles. The summed E-state index contributed by atoms with van der Waals surface area (Å²) in [6, 6.07) is 5.59. The van der Waals surface area contributed by atoms with Gasteiger partial charge < -0.3 is 15.4 Å². The number of hydrogen-bond acceptors (Lipinski definition) is 4. The lowest BCUT2D eigenvalue weighted by Crippen LogP contribution is -2.38. The quantitative estimate of drug-likeness (QED) is 0.538. The fourth-order valence-electron chi connectivity index (χ4n) is 1.95. The van der Waals surface area contributed by atoms with E-state index in [9.17, 15) is 4.79 Å². The maximum Gasteiger partial charge on any atom is 0.256 e. The van der Waals surface area contributed by atoms with Crippen molar-refractivity contribution in [2.24, 2.45) is 5.84 Å². The van der Waals surface area contributed by atoms with Gasteiger partial charge in [0.05, 0.1) is 11.3 Å². The Hall–Kier alpha value is -1.59. The highest BCUT2D eigenvalue weighted by Crippen LogP contribution is 2.19. The van der Waals surface area contributed by atoms with Crippen molar-refractivity contribution in [1.82, 2.24) is 4.90 Å². The van der Waals surface area contributed by atoms with Gasteiger partial charge in [0, 0.05) is 19.2 Å². The van der Waals surface area contributed by atoms with Crippen LogP contribution in [-0.2, 0) is 0 Å². The summed E-state index contributed by atoms with van der Waals surface area (Å²) in [6.45, 7) is 6.47. The molecule has 0 aromatic heterocycles. The Balaban J connectivity index is 3.02. The molecule has 1 aromatic rings. The van der Waals surface area contributed by atoms with Crippen LogP contribution in [0, 0.1) is 6.92 Å². The summed E-state index contributed by atoms with van der Waals surface area (Å²) in [6.07, 6.45) is 0.571. The van der Waals surface area contributed by atoms with Crippen molar-refractivity contribution in [2.75, 3.05) is 18.6 Å². The molecular formula is C14H23N3O2. The van der Waals surface area contributed by atoms with E-state index in [4.69, 9.17) is 10.9 Å². The minimum atomic E-state index is -0.0728. The van der Waals surface area contributed by atoms with Gasteiger partial charge in [0.1, 0.15) is 0 Å². The van der Waals surface area contributed by atoms with Crippen LogP contribution in [0.4, 0.5) is 5.69 Å². The number of nitrogens with zero attached hydrogens (tertiary/aromatic N) is 1. The number of carbonyl (C=O) groups is 1. The number of carbonyl (C=O) groups excluding carboxylic acids is 1. The molecule has 0 heterocycles. The van der Waals surface area contributed by atoms with Crippen molar-refractivity contribution in [1.29, 1.82) is 0 Å². The Bertz CT molecular complexity index is 433. The molecule has 4 N–H and O–H groups in total. The number of amides is 1. The number of aliphatic hydroxyl groups is 1. The zero-order valence-electron chi connectivity index (χ0n) is 11.8. The lowest BCUT2D eigenvalue weighted by Gasteiger charge is -2.27. The van der Waals surface area contributed by atoms with E-state index in [-0.39, 0.29) is 18.6 Å². The molecule has 0 saturated carbocycles. The van der Waals surface area contributed by atoms with Crippen molar-refractivity contribution in [3.63, 3.8) is 0 Å². The van der Waals surface area contributed by atoms with E-state index in [1.165, 1.54) is 0 Å². The lowest BCUT2D eigenvalue weighted by molar-refractivity contribution is 0.0694. The first-order chi connectivity index (χ1) is 9.01. The highest BCUT2D eigenvalue weighted by molar-refractivity contribution is 5.99. The molecule has 106 valence electrons. The van der Waals surface area contributed by atoms with Crippen LogP contribution in [0.25, 0.3) is 0 Å². The summed E-state index contributed by atoms with van der Waals surface area (Å²) in [5, 5.41) is 8.92. The van der Waals surface area contributed by atoms with Gasteiger partial charge in [0.2, 0.25) is 0 Å². The molecule has 0 unspecified atom stereocenters. The number of hydrogen-bond donors (Lipinski definition) is 3. The Morgan fingerprint density at radius 3 is 2.68 bits per heavy atom. The average Bonchev–Trinajstić information content (AvgIpc) is 2.38. The van der Waals surface area contributed by atoms with Gasteiger partial charge >= 0.3 is 0 Å². The van der Waals surface area contributed by atoms with Crippen molar-refractivity contribution in [3.05, 3.63) is 29.3 Å². The van der Waals surface area contributed by atoms with E-state index < -0.39 is 0 Å². The fraction of sp³-hybridized carbons (Fsp3) is 0.500. The monoisotopic (exact) mass is 265 g/mol. The van der Waals surface area contributed by atoms with Crippen molar-refractivity contribution in [3.8, 4) is 0 Å². The summed E-state index contributed by atoms with van der Waals surface area (Å²) in [5.41, 5.74) is 4.79. The van der Waals surface area contributed by atoms with E-state index in [0.29, 0.717) is 24.2 Å². The average molecular weight is 265 g/mol. The molecule has 0 aliphatic carbocycles. The molecule has 5 heteroatoms. The SMILES string of the molecule is Cc1ccc(C(=O)N(CCCO)C(C)C)c(NN)c1. The predicted molar refractivity (Wildman–Crippen MR) is 76.9 cm³/mol. The molecule has 0 bridgehead atoms. The topological polar surface area (TPSA) is 78.6 Å². The van der Waals surface area contributed by atoms with Crippen molar-refractivity contribution in [2.45, 2.75) is 33.2 Å². The molecule has 0 radical (unpaired) electrons. The molecule has 0 aliphatic heterocycles. The van der Waals surface area contributed by atoms with Crippen LogP contribution in [0.3, 0.4) is 0 Å². The largest absolute Gasteiger partial charge is 0.396 e. The number of nitrogens with one attached hydrogen (secondary N) is 1. The summed E-state index contributed by atoms with van der Waals surface area (Å²) in [5.74, 6) is 5.40. The van der Waals surface area contributed by atoms with Gasteiger partial charge in [-0.3, -0.25) is 10.6 Å². The number of aliphatic hydroxyl groups excluding tert-OH is 1. The maximum absolute atomic E-state index is 12.5. The standard InChI is InChI=1S/C14H23N3O2/c1-10(2)17(7-4-8-18)14(19)12-6-5-11(3)9-13(12)16-15/h5-6,9-10,16,18H,4,7-8,15H2,1-3H3. The van der Waals surface area contributed by atoms with Crippen LogP contribution in [-0.4, -0.2) is 35.1 Å². The van der Waals surface area contributed by atoms with E-state index >= 15 is 0 Å².